The molecule has 0 saturated carbocycles. The van der Waals surface area contributed by atoms with E-state index >= 15 is 0 Å². The van der Waals surface area contributed by atoms with Crippen LogP contribution in [0.1, 0.15) is 16.9 Å². The first-order valence-corrected chi connectivity index (χ1v) is 9.35. The molecule has 0 fully saturated rings. The monoisotopic (exact) mass is 406 g/mol. The van der Waals surface area contributed by atoms with Crippen LogP contribution in [0.25, 0.3) is 0 Å². The summed E-state index contributed by atoms with van der Waals surface area (Å²) in [7, 11) is 3.09. The van der Waals surface area contributed by atoms with E-state index in [-0.39, 0.29) is 6.42 Å². The number of benzene rings is 1. The third-order valence-electron chi connectivity index (χ3n) is 3.65. The van der Waals surface area contributed by atoms with Gasteiger partial charge in [-0.05, 0) is 35.6 Å². The fourth-order valence-corrected chi connectivity index (χ4v) is 2.91. The highest BCUT2D eigenvalue weighted by atomic mass is 32.1. The van der Waals surface area contributed by atoms with Gasteiger partial charge in [0, 0.05) is 17.4 Å². The fourth-order valence-electron chi connectivity index (χ4n) is 2.26. The van der Waals surface area contributed by atoms with Gasteiger partial charge in [0.15, 0.2) is 6.61 Å². The summed E-state index contributed by atoms with van der Waals surface area (Å²) < 4.78 is 15.3. The average Bonchev–Trinajstić information content (AvgIpc) is 3.22. The molecule has 0 aliphatic carbocycles. The molecule has 0 aliphatic rings. The summed E-state index contributed by atoms with van der Waals surface area (Å²) in [5.74, 6) is 0.00215. The van der Waals surface area contributed by atoms with Crippen molar-refractivity contribution in [3.05, 3.63) is 46.2 Å². The average molecular weight is 406 g/mol. The number of carbonyl (C=O) groups excluding carboxylic acids is 3. The molecule has 2 N–H and O–H groups in total. The van der Waals surface area contributed by atoms with Gasteiger partial charge in [-0.3, -0.25) is 14.9 Å². The predicted octanol–water partition coefficient (Wildman–Crippen LogP) is 2.27. The maximum Gasteiger partial charge on any atom is 0.321 e. The van der Waals surface area contributed by atoms with Gasteiger partial charge in [0.1, 0.15) is 11.5 Å². The largest absolute Gasteiger partial charge is 0.497 e. The lowest BCUT2D eigenvalue weighted by Gasteiger charge is -2.09. The summed E-state index contributed by atoms with van der Waals surface area (Å²) >= 11 is 1.49. The number of carbonyl (C=O) groups is 3. The van der Waals surface area contributed by atoms with E-state index in [0.717, 1.165) is 10.4 Å². The molecular weight excluding hydrogens is 384 g/mol. The molecule has 2 aromatic rings. The quantitative estimate of drug-likeness (QED) is 0.619. The summed E-state index contributed by atoms with van der Waals surface area (Å²) in [6.45, 7) is -0.201. The Morgan fingerprint density at radius 2 is 1.79 bits per heavy atom. The van der Waals surface area contributed by atoms with Crippen molar-refractivity contribution >= 4 is 29.2 Å². The maximum absolute atomic E-state index is 11.8. The van der Waals surface area contributed by atoms with Crippen LogP contribution in [0.5, 0.6) is 11.5 Å². The van der Waals surface area contributed by atoms with Crippen molar-refractivity contribution in [2.24, 2.45) is 0 Å². The summed E-state index contributed by atoms with van der Waals surface area (Å²) in [6.07, 6.45) is 0.476. The molecule has 8 nitrogen and oxygen atoms in total. The fraction of sp³-hybridized carbons (Fsp3) is 0.316. The Bertz CT molecular complexity index is 785. The molecule has 0 atom stereocenters. The van der Waals surface area contributed by atoms with Gasteiger partial charge in [-0.2, -0.15) is 0 Å². The third-order valence-corrected chi connectivity index (χ3v) is 4.53. The number of hydrogen-bond donors (Lipinski definition) is 2. The maximum atomic E-state index is 11.8. The minimum absolute atomic E-state index is 0.0776. The molecule has 150 valence electrons. The van der Waals surface area contributed by atoms with Crippen molar-refractivity contribution in [1.29, 1.82) is 0 Å². The second-order valence-corrected chi connectivity index (χ2v) is 6.72. The number of urea groups is 1. The van der Waals surface area contributed by atoms with E-state index in [9.17, 15) is 14.4 Å². The normalized spacial score (nSPS) is 10.1. The van der Waals surface area contributed by atoms with E-state index in [1.165, 1.54) is 11.3 Å². The molecule has 3 amide bonds. The lowest BCUT2D eigenvalue weighted by Crippen LogP contribution is -2.41. The number of hydrogen-bond acceptors (Lipinski definition) is 7. The number of nitrogens with one attached hydrogen (secondary N) is 2. The van der Waals surface area contributed by atoms with Crippen LogP contribution >= 0.6 is 11.3 Å². The van der Waals surface area contributed by atoms with Crippen molar-refractivity contribution in [2.75, 3.05) is 20.8 Å². The first-order chi connectivity index (χ1) is 13.5. The van der Waals surface area contributed by atoms with E-state index < -0.39 is 24.5 Å². The van der Waals surface area contributed by atoms with Crippen LogP contribution in [-0.2, 0) is 27.3 Å². The molecule has 1 aromatic heterocycles. The van der Waals surface area contributed by atoms with Gasteiger partial charge >= 0.3 is 12.0 Å². The zero-order valence-corrected chi connectivity index (χ0v) is 16.5. The molecular formula is C19H22N2O6S. The number of aryl methyl sites for hydroxylation is 1. The van der Waals surface area contributed by atoms with Crippen LogP contribution < -0.4 is 20.1 Å². The Hall–Kier alpha value is -3.07. The Kier molecular flexibility index (Phi) is 8.29. The van der Waals surface area contributed by atoms with E-state index in [4.69, 9.17) is 14.2 Å². The molecule has 1 heterocycles. The highest BCUT2D eigenvalue weighted by molar-refractivity contribution is 7.09. The van der Waals surface area contributed by atoms with Crippen LogP contribution in [0.3, 0.4) is 0 Å². The van der Waals surface area contributed by atoms with Gasteiger partial charge < -0.3 is 19.5 Å². The molecule has 9 heteroatoms. The number of amides is 3. The zero-order valence-electron chi connectivity index (χ0n) is 15.7. The molecule has 28 heavy (non-hydrogen) atoms. The topological polar surface area (TPSA) is 103 Å². The number of thiophene rings is 1. The molecule has 0 bridgehead atoms. The molecule has 0 radical (unpaired) electrons. The summed E-state index contributed by atoms with van der Waals surface area (Å²) in [5, 5.41) is 6.54. The Labute approximate surface area is 166 Å². The second-order valence-electron chi connectivity index (χ2n) is 5.69. The molecule has 0 spiro atoms. The third kappa shape index (κ3) is 7.28. The summed E-state index contributed by atoms with van der Waals surface area (Å²) in [4.78, 5) is 36.1. The van der Waals surface area contributed by atoms with Crippen molar-refractivity contribution < 1.29 is 28.6 Å². The highest BCUT2D eigenvalue weighted by Gasteiger charge is 2.12. The van der Waals surface area contributed by atoms with Gasteiger partial charge in [0.2, 0.25) is 0 Å². The van der Waals surface area contributed by atoms with Crippen LogP contribution in [0.2, 0.25) is 0 Å². The van der Waals surface area contributed by atoms with Crippen molar-refractivity contribution in [1.82, 2.24) is 10.6 Å². The Morgan fingerprint density at radius 1 is 1.07 bits per heavy atom. The van der Waals surface area contributed by atoms with Gasteiger partial charge in [-0.1, -0.05) is 6.07 Å². The standard InChI is InChI=1S/C19H22N2O6S/c1-25-14-8-13(9-15(10-14)26-2)5-6-18(23)27-12-17(22)21-19(24)20-11-16-4-3-7-28-16/h3-4,7-10H,5-6,11-12H2,1-2H3,(H2,20,21,22,24). The predicted molar refractivity (Wildman–Crippen MR) is 104 cm³/mol. The minimum Gasteiger partial charge on any atom is -0.497 e. The SMILES string of the molecule is COc1cc(CCC(=O)OCC(=O)NC(=O)NCc2cccs2)cc(OC)c1. The number of methoxy groups -OCH3 is 2. The molecule has 0 saturated heterocycles. The number of rotatable bonds is 9. The van der Waals surface area contributed by atoms with E-state index in [0.29, 0.717) is 24.5 Å². The van der Waals surface area contributed by atoms with Gasteiger partial charge in [0.05, 0.1) is 20.8 Å². The van der Waals surface area contributed by atoms with E-state index in [1.807, 2.05) is 17.5 Å². The molecule has 2 rings (SSSR count). The first kappa shape index (κ1) is 21.2. The minimum atomic E-state index is -0.694. The second kappa shape index (κ2) is 10.9. The highest BCUT2D eigenvalue weighted by Crippen LogP contribution is 2.23. The Balaban J connectivity index is 1.68. The van der Waals surface area contributed by atoms with Gasteiger partial charge in [0.25, 0.3) is 5.91 Å². The lowest BCUT2D eigenvalue weighted by molar-refractivity contribution is -0.148. The molecule has 1 aromatic carbocycles. The van der Waals surface area contributed by atoms with Crippen LogP contribution in [0.4, 0.5) is 4.79 Å². The van der Waals surface area contributed by atoms with Crippen LogP contribution in [0, 0.1) is 0 Å². The number of esters is 1. The van der Waals surface area contributed by atoms with Gasteiger partial charge in [-0.15, -0.1) is 11.3 Å². The van der Waals surface area contributed by atoms with E-state index in [2.05, 4.69) is 10.6 Å². The zero-order chi connectivity index (χ0) is 20.4. The number of ether oxygens (including phenoxy) is 3. The summed E-state index contributed by atoms with van der Waals surface area (Å²) in [6, 6.07) is 8.41. The Morgan fingerprint density at radius 3 is 2.39 bits per heavy atom. The smallest absolute Gasteiger partial charge is 0.321 e. The van der Waals surface area contributed by atoms with Crippen molar-refractivity contribution in [2.45, 2.75) is 19.4 Å². The molecule has 0 unspecified atom stereocenters. The molecule has 0 aliphatic heterocycles. The van der Waals surface area contributed by atoms with Gasteiger partial charge in [-0.25, -0.2) is 4.79 Å². The van der Waals surface area contributed by atoms with Crippen LogP contribution in [0.15, 0.2) is 35.7 Å². The lowest BCUT2D eigenvalue weighted by atomic mass is 10.1. The van der Waals surface area contributed by atoms with Crippen LogP contribution in [-0.4, -0.2) is 38.7 Å². The summed E-state index contributed by atoms with van der Waals surface area (Å²) in [5.41, 5.74) is 0.838. The van der Waals surface area contributed by atoms with E-state index in [1.54, 1.807) is 32.4 Å². The van der Waals surface area contributed by atoms with Crippen molar-refractivity contribution in [3.63, 3.8) is 0 Å². The van der Waals surface area contributed by atoms with Crippen molar-refractivity contribution in [3.8, 4) is 11.5 Å². The number of imide groups is 1. The first-order valence-electron chi connectivity index (χ1n) is 8.47.